The SMILES string of the molecule is C[C@@]1(c2ccc(Cl)cc2Cl)O[C@H](CO)CS1. The van der Waals surface area contributed by atoms with Gasteiger partial charge in [-0.2, -0.15) is 0 Å². The lowest BCUT2D eigenvalue weighted by Crippen LogP contribution is -2.23. The summed E-state index contributed by atoms with van der Waals surface area (Å²) in [5, 5.41) is 10.3. The highest BCUT2D eigenvalue weighted by Gasteiger charge is 2.39. The molecule has 1 saturated heterocycles. The van der Waals surface area contributed by atoms with Crippen LogP contribution in [-0.2, 0) is 9.67 Å². The van der Waals surface area contributed by atoms with Crippen molar-refractivity contribution in [1.82, 2.24) is 0 Å². The Hall–Kier alpha value is 0.0700. The summed E-state index contributed by atoms with van der Waals surface area (Å²) in [7, 11) is 0. The van der Waals surface area contributed by atoms with Gasteiger partial charge in [0.1, 0.15) is 4.93 Å². The molecule has 0 saturated carbocycles. The zero-order valence-corrected chi connectivity index (χ0v) is 11.1. The average Bonchev–Trinajstić information content (AvgIpc) is 2.61. The molecule has 5 heteroatoms. The molecule has 0 unspecified atom stereocenters. The predicted octanol–water partition coefficient (Wildman–Crippen LogP) is 3.29. The van der Waals surface area contributed by atoms with Crippen LogP contribution in [-0.4, -0.2) is 23.6 Å². The van der Waals surface area contributed by atoms with Crippen molar-refractivity contribution in [3.8, 4) is 0 Å². The van der Waals surface area contributed by atoms with E-state index in [0.717, 1.165) is 11.3 Å². The van der Waals surface area contributed by atoms with Crippen LogP contribution in [0.5, 0.6) is 0 Å². The van der Waals surface area contributed by atoms with E-state index in [1.54, 1.807) is 23.9 Å². The lowest BCUT2D eigenvalue weighted by molar-refractivity contribution is -0.0249. The molecule has 1 aliphatic heterocycles. The molecular weight excluding hydrogens is 267 g/mol. The first kappa shape index (κ1) is 12.5. The second kappa shape index (κ2) is 4.75. The number of benzene rings is 1. The van der Waals surface area contributed by atoms with Gasteiger partial charge in [-0.1, -0.05) is 29.3 Å². The van der Waals surface area contributed by atoms with Crippen molar-refractivity contribution < 1.29 is 9.84 Å². The summed E-state index contributed by atoms with van der Waals surface area (Å²) in [6.45, 7) is 2.00. The van der Waals surface area contributed by atoms with Gasteiger partial charge in [0.15, 0.2) is 0 Å². The molecule has 1 aromatic carbocycles. The second-order valence-electron chi connectivity index (χ2n) is 3.80. The lowest BCUT2D eigenvalue weighted by atomic mass is 10.1. The van der Waals surface area contributed by atoms with E-state index in [2.05, 4.69) is 0 Å². The van der Waals surface area contributed by atoms with Crippen LogP contribution in [0, 0.1) is 0 Å². The highest BCUT2D eigenvalue weighted by Crippen LogP contribution is 2.47. The fourth-order valence-electron chi connectivity index (χ4n) is 1.73. The number of aliphatic hydroxyl groups is 1. The summed E-state index contributed by atoms with van der Waals surface area (Å²) in [5.41, 5.74) is 0.902. The van der Waals surface area contributed by atoms with Crippen LogP contribution in [0.2, 0.25) is 10.0 Å². The molecule has 0 radical (unpaired) electrons. The number of rotatable bonds is 2. The summed E-state index contributed by atoms with van der Waals surface area (Å²) in [6, 6.07) is 5.38. The van der Waals surface area contributed by atoms with E-state index in [1.807, 2.05) is 13.0 Å². The third kappa shape index (κ3) is 2.34. The molecule has 1 fully saturated rings. The Bertz CT molecular complexity index is 400. The monoisotopic (exact) mass is 278 g/mol. The Morgan fingerprint density at radius 2 is 2.31 bits per heavy atom. The molecule has 2 atom stereocenters. The maximum absolute atomic E-state index is 9.07. The topological polar surface area (TPSA) is 29.5 Å². The standard InChI is InChI=1S/C11H12Cl2O2S/c1-11(15-8(5-14)6-16-11)9-3-2-7(12)4-10(9)13/h2-4,8,14H,5-6H2,1H3/t8-,11-/m1/s1. The molecule has 0 spiro atoms. The van der Waals surface area contributed by atoms with Crippen LogP contribution in [0.1, 0.15) is 12.5 Å². The van der Waals surface area contributed by atoms with Crippen molar-refractivity contribution in [2.75, 3.05) is 12.4 Å². The van der Waals surface area contributed by atoms with Crippen molar-refractivity contribution >= 4 is 35.0 Å². The fraction of sp³-hybridized carbons (Fsp3) is 0.455. The largest absolute Gasteiger partial charge is 0.394 e. The van der Waals surface area contributed by atoms with Crippen LogP contribution in [0.15, 0.2) is 18.2 Å². The maximum atomic E-state index is 9.07. The maximum Gasteiger partial charge on any atom is 0.138 e. The number of hydrogen-bond donors (Lipinski definition) is 1. The van der Waals surface area contributed by atoms with Gasteiger partial charge in [-0.3, -0.25) is 0 Å². The van der Waals surface area contributed by atoms with Gasteiger partial charge >= 0.3 is 0 Å². The van der Waals surface area contributed by atoms with Crippen molar-refractivity contribution in [1.29, 1.82) is 0 Å². The van der Waals surface area contributed by atoms with E-state index in [-0.39, 0.29) is 12.7 Å². The Morgan fingerprint density at radius 3 is 2.88 bits per heavy atom. The molecule has 0 aromatic heterocycles. The van der Waals surface area contributed by atoms with Crippen molar-refractivity contribution in [2.45, 2.75) is 18.0 Å². The van der Waals surface area contributed by atoms with Crippen molar-refractivity contribution in [3.05, 3.63) is 33.8 Å². The van der Waals surface area contributed by atoms with Crippen LogP contribution >= 0.6 is 35.0 Å². The third-order valence-electron chi connectivity index (χ3n) is 2.56. The summed E-state index contributed by atoms with van der Waals surface area (Å²) < 4.78 is 5.79. The van der Waals surface area contributed by atoms with Gasteiger partial charge in [0, 0.05) is 21.4 Å². The molecule has 2 nitrogen and oxygen atoms in total. The van der Waals surface area contributed by atoms with E-state index in [9.17, 15) is 0 Å². The van der Waals surface area contributed by atoms with Crippen molar-refractivity contribution in [2.24, 2.45) is 0 Å². The molecule has 0 aliphatic carbocycles. The normalized spacial score (nSPS) is 29.6. The number of ether oxygens (including phenoxy) is 1. The van der Waals surface area contributed by atoms with E-state index >= 15 is 0 Å². The number of halogens is 2. The quantitative estimate of drug-likeness (QED) is 0.900. The Morgan fingerprint density at radius 1 is 1.56 bits per heavy atom. The number of aliphatic hydroxyl groups excluding tert-OH is 1. The van der Waals surface area contributed by atoms with Crippen LogP contribution < -0.4 is 0 Å². The Labute approximate surface area is 109 Å². The van der Waals surface area contributed by atoms with Gasteiger partial charge in [0.05, 0.1) is 12.7 Å². The first-order chi connectivity index (χ1) is 7.55. The molecule has 1 aromatic rings. The van der Waals surface area contributed by atoms with Crippen LogP contribution in [0.3, 0.4) is 0 Å². The second-order valence-corrected chi connectivity index (χ2v) is 6.05. The minimum atomic E-state index is -0.491. The molecule has 16 heavy (non-hydrogen) atoms. The zero-order chi connectivity index (χ0) is 11.8. The minimum Gasteiger partial charge on any atom is -0.394 e. The van der Waals surface area contributed by atoms with E-state index < -0.39 is 4.93 Å². The Balaban J connectivity index is 2.30. The number of hydrogen-bond acceptors (Lipinski definition) is 3. The van der Waals surface area contributed by atoms with Gasteiger partial charge in [0.25, 0.3) is 0 Å². The zero-order valence-electron chi connectivity index (χ0n) is 8.74. The molecule has 1 heterocycles. The van der Waals surface area contributed by atoms with Crippen molar-refractivity contribution in [3.63, 3.8) is 0 Å². The molecule has 88 valence electrons. The van der Waals surface area contributed by atoms with Gasteiger partial charge in [-0.15, -0.1) is 11.8 Å². The summed E-state index contributed by atoms with van der Waals surface area (Å²) in [5.74, 6) is 0.770. The summed E-state index contributed by atoms with van der Waals surface area (Å²) in [4.78, 5) is -0.491. The van der Waals surface area contributed by atoms with Gasteiger partial charge in [-0.25, -0.2) is 0 Å². The lowest BCUT2D eigenvalue weighted by Gasteiger charge is -2.25. The van der Waals surface area contributed by atoms with Crippen LogP contribution in [0.25, 0.3) is 0 Å². The highest BCUT2D eigenvalue weighted by atomic mass is 35.5. The van der Waals surface area contributed by atoms with E-state index in [1.165, 1.54) is 0 Å². The molecule has 0 amide bonds. The molecule has 1 aliphatic rings. The number of thioether (sulfide) groups is 1. The minimum absolute atomic E-state index is 0.0355. The van der Waals surface area contributed by atoms with E-state index in [0.29, 0.717) is 10.0 Å². The third-order valence-corrected chi connectivity index (χ3v) is 4.51. The fourth-order valence-corrected chi connectivity index (χ4v) is 3.59. The molecule has 0 bridgehead atoms. The first-order valence-electron chi connectivity index (χ1n) is 4.93. The summed E-state index contributed by atoms with van der Waals surface area (Å²) >= 11 is 13.6. The average molecular weight is 279 g/mol. The predicted molar refractivity (Wildman–Crippen MR) is 68.2 cm³/mol. The highest BCUT2D eigenvalue weighted by molar-refractivity contribution is 8.00. The van der Waals surface area contributed by atoms with Gasteiger partial charge < -0.3 is 9.84 Å². The molecule has 2 rings (SSSR count). The van der Waals surface area contributed by atoms with Gasteiger partial charge in [-0.05, 0) is 19.1 Å². The van der Waals surface area contributed by atoms with Gasteiger partial charge in [0.2, 0.25) is 0 Å². The van der Waals surface area contributed by atoms with Crippen LogP contribution in [0.4, 0.5) is 0 Å². The first-order valence-corrected chi connectivity index (χ1v) is 6.67. The summed E-state index contributed by atoms with van der Waals surface area (Å²) in [6.07, 6.45) is -0.123. The Kier molecular flexibility index (Phi) is 3.72. The molecular formula is C11H12Cl2O2S. The smallest absolute Gasteiger partial charge is 0.138 e. The molecule has 1 N–H and O–H groups in total. The van der Waals surface area contributed by atoms with E-state index in [4.69, 9.17) is 33.0 Å².